The Labute approximate surface area is 129 Å². The van der Waals surface area contributed by atoms with Crippen LogP contribution in [-0.4, -0.2) is 6.66 Å². The molecule has 0 spiro atoms. The van der Waals surface area contributed by atoms with Crippen LogP contribution in [0.4, 0.5) is 0 Å². The normalized spacial score (nSPS) is 9.85. The van der Waals surface area contributed by atoms with Crippen molar-refractivity contribution >= 4 is 8.81 Å². The van der Waals surface area contributed by atoms with Crippen molar-refractivity contribution in [3.8, 4) is 5.75 Å². The average Bonchev–Trinajstić information content (AvgIpc) is 2.40. The van der Waals surface area contributed by atoms with Gasteiger partial charge in [-0.05, 0) is 43.6 Å². The molecule has 0 N–H and O–H groups in total. The minimum absolute atomic E-state index is 0. The Bertz CT molecular complexity index is 321. The van der Waals surface area contributed by atoms with Gasteiger partial charge >= 0.3 is 0 Å². The summed E-state index contributed by atoms with van der Waals surface area (Å²) in [5.41, 5.74) is 2.63. The second-order valence-corrected chi connectivity index (χ2v) is 5.49. The Morgan fingerprint density at radius 2 is 1.60 bits per heavy atom. The van der Waals surface area contributed by atoms with Crippen molar-refractivity contribution in [2.45, 2.75) is 73.6 Å². The molecule has 2 heteroatoms. The van der Waals surface area contributed by atoms with Crippen LogP contribution in [0.25, 0.3) is 0 Å². The fourth-order valence-corrected chi connectivity index (χ4v) is 2.20. The van der Waals surface area contributed by atoms with Gasteiger partial charge in [-0.25, -0.2) is 0 Å². The van der Waals surface area contributed by atoms with Crippen LogP contribution in [0.1, 0.15) is 71.4 Å². The lowest BCUT2D eigenvalue weighted by Gasteiger charge is -2.10. The minimum atomic E-state index is 0. The van der Waals surface area contributed by atoms with E-state index in [9.17, 15) is 0 Å². The van der Waals surface area contributed by atoms with Crippen LogP contribution in [0.15, 0.2) is 18.2 Å². The number of hydrogen-bond acceptors (Lipinski definition) is 1. The van der Waals surface area contributed by atoms with Crippen LogP contribution < -0.4 is 4.52 Å². The minimum Gasteiger partial charge on any atom is -0.477 e. The fraction of sp³-hybridized carbons (Fsp3) is 0.667. The molecule has 0 heterocycles. The van der Waals surface area contributed by atoms with Crippen LogP contribution in [0.2, 0.25) is 0 Å². The Balaban J connectivity index is 0. The first kappa shape index (κ1) is 21.7. The van der Waals surface area contributed by atoms with Gasteiger partial charge in [-0.1, -0.05) is 66.0 Å². The Hall–Kier alpha value is -0.550. The molecular weight excluding hydrogens is 263 g/mol. The zero-order chi connectivity index (χ0) is 14.5. The van der Waals surface area contributed by atoms with Crippen molar-refractivity contribution in [3.05, 3.63) is 29.3 Å². The molecule has 1 unspecified atom stereocenters. The molecule has 20 heavy (non-hydrogen) atoms. The molecule has 0 amide bonds. The Morgan fingerprint density at radius 1 is 1.00 bits per heavy atom. The van der Waals surface area contributed by atoms with Gasteiger partial charge in [0.05, 0.1) is 8.81 Å². The third-order valence-electron chi connectivity index (χ3n) is 2.94. The van der Waals surface area contributed by atoms with E-state index >= 15 is 0 Å². The van der Waals surface area contributed by atoms with Gasteiger partial charge < -0.3 is 4.52 Å². The van der Waals surface area contributed by atoms with Crippen molar-refractivity contribution in [2.75, 3.05) is 6.66 Å². The second kappa shape index (κ2) is 14.9. The summed E-state index contributed by atoms with van der Waals surface area (Å²) in [6.07, 6.45) is 7.69. The molecule has 118 valence electrons. The summed E-state index contributed by atoms with van der Waals surface area (Å²) in [6, 6.07) is 6.50. The number of aryl methyl sites for hydroxylation is 2. The van der Waals surface area contributed by atoms with E-state index in [1.165, 1.54) is 43.2 Å². The summed E-state index contributed by atoms with van der Waals surface area (Å²) in [4.78, 5) is 0. The Morgan fingerprint density at radius 3 is 2.05 bits per heavy atom. The zero-order valence-electron chi connectivity index (χ0n) is 13.4. The van der Waals surface area contributed by atoms with Crippen molar-refractivity contribution in [1.29, 1.82) is 0 Å². The topological polar surface area (TPSA) is 9.23 Å². The van der Waals surface area contributed by atoms with Crippen LogP contribution in [0.5, 0.6) is 5.75 Å². The van der Waals surface area contributed by atoms with Gasteiger partial charge in [0.1, 0.15) is 5.75 Å². The predicted octanol–water partition coefficient (Wildman–Crippen LogP) is 6.77. The van der Waals surface area contributed by atoms with E-state index in [2.05, 4.69) is 52.6 Å². The second-order valence-electron chi connectivity index (χ2n) is 4.87. The smallest absolute Gasteiger partial charge is 0.126 e. The highest BCUT2D eigenvalue weighted by molar-refractivity contribution is 7.31. The molecule has 1 aromatic rings. The number of benzene rings is 1. The molecule has 0 bridgehead atoms. The predicted molar refractivity (Wildman–Crippen MR) is 96.6 cm³/mol. The van der Waals surface area contributed by atoms with E-state index in [4.69, 9.17) is 4.52 Å². The van der Waals surface area contributed by atoms with Gasteiger partial charge in [0.2, 0.25) is 0 Å². The standard InChI is InChI=1S/C12H19OP.C5H12.CH4/c1-4-5-6-11-8-7-10(2)9-12(11)13-14-3;1-3-5-4-2;/h7-9,14H,4-6H2,1-3H3;3-5H2,1-2H3;1H4. The summed E-state index contributed by atoms with van der Waals surface area (Å²) < 4.78 is 5.64. The maximum absolute atomic E-state index is 5.64. The molecule has 1 nitrogen and oxygen atoms in total. The van der Waals surface area contributed by atoms with Crippen LogP contribution in [-0.2, 0) is 6.42 Å². The fourth-order valence-electron chi connectivity index (χ4n) is 1.79. The van der Waals surface area contributed by atoms with E-state index in [1.807, 2.05) is 0 Å². The molecule has 1 aromatic carbocycles. The van der Waals surface area contributed by atoms with E-state index in [0.29, 0.717) is 8.81 Å². The summed E-state index contributed by atoms with van der Waals surface area (Å²) in [5, 5.41) is 0. The van der Waals surface area contributed by atoms with Crippen LogP contribution in [0.3, 0.4) is 0 Å². The van der Waals surface area contributed by atoms with Crippen LogP contribution >= 0.6 is 8.81 Å². The average molecular weight is 298 g/mol. The van der Waals surface area contributed by atoms with Gasteiger partial charge in [0.25, 0.3) is 0 Å². The third-order valence-corrected chi connectivity index (χ3v) is 3.37. The van der Waals surface area contributed by atoms with E-state index < -0.39 is 0 Å². The van der Waals surface area contributed by atoms with E-state index in [0.717, 1.165) is 12.2 Å². The zero-order valence-corrected chi connectivity index (χ0v) is 14.4. The van der Waals surface area contributed by atoms with Gasteiger partial charge in [-0.2, -0.15) is 0 Å². The monoisotopic (exact) mass is 298 g/mol. The van der Waals surface area contributed by atoms with Crippen molar-refractivity contribution < 1.29 is 4.52 Å². The van der Waals surface area contributed by atoms with Crippen molar-refractivity contribution in [2.24, 2.45) is 0 Å². The van der Waals surface area contributed by atoms with Gasteiger partial charge in [-0.15, -0.1) is 0 Å². The first-order chi connectivity index (χ1) is 9.19. The molecule has 1 atom stereocenters. The molecule has 0 radical (unpaired) electrons. The summed E-state index contributed by atoms with van der Waals surface area (Å²) in [6.45, 7) is 10.8. The lowest BCUT2D eigenvalue weighted by atomic mass is 10.1. The van der Waals surface area contributed by atoms with Crippen molar-refractivity contribution in [1.82, 2.24) is 0 Å². The molecule has 0 saturated carbocycles. The number of unbranched alkanes of at least 4 members (excludes halogenated alkanes) is 3. The summed E-state index contributed by atoms with van der Waals surface area (Å²) >= 11 is 0. The highest BCUT2D eigenvalue weighted by Crippen LogP contribution is 2.26. The number of hydrogen-bond donors (Lipinski definition) is 0. The number of rotatable bonds is 7. The maximum Gasteiger partial charge on any atom is 0.126 e. The molecular formula is C18H35OP. The summed E-state index contributed by atoms with van der Waals surface area (Å²) in [7, 11) is 0.533. The highest BCUT2D eigenvalue weighted by atomic mass is 31.1. The molecule has 0 fully saturated rings. The lowest BCUT2D eigenvalue weighted by molar-refractivity contribution is 0.617. The molecule has 0 aliphatic heterocycles. The SMILES string of the molecule is C.CCCCC.CCCCc1ccc(C)cc1OPC. The lowest BCUT2D eigenvalue weighted by Crippen LogP contribution is -1.90. The first-order valence-corrected chi connectivity index (χ1v) is 9.03. The van der Waals surface area contributed by atoms with Crippen LogP contribution in [0, 0.1) is 6.92 Å². The van der Waals surface area contributed by atoms with Gasteiger partial charge in [0, 0.05) is 0 Å². The third kappa shape index (κ3) is 10.3. The molecule has 0 aromatic heterocycles. The molecule has 0 aliphatic carbocycles. The van der Waals surface area contributed by atoms with Gasteiger partial charge in [-0.3, -0.25) is 0 Å². The molecule has 1 rings (SSSR count). The Kier molecular flexibility index (Phi) is 16.1. The first-order valence-electron chi connectivity index (χ1n) is 7.62. The van der Waals surface area contributed by atoms with Crippen molar-refractivity contribution in [3.63, 3.8) is 0 Å². The molecule has 0 saturated heterocycles. The van der Waals surface area contributed by atoms with Gasteiger partial charge in [0.15, 0.2) is 0 Å². The molecule has 0 aliphatic rings. The van der Waals surface area contributed by atoms with E-state index in [1.54, 1.807) is 0 Å². The highest BCUT2D eigenvalue weighted by Gasteiger charge is 2.02. The maximum atomic E-state index is 5.64. The van der Waals surface area contributed by atoms with E-state index in [-0.39, 0.29) is 7.43 Å². The largest absolute Gasteiger partial charge is 0.477 e. The quantitative estimate of drug-likeness (QED) is 0.504. The summed E-state index contributed by atoms with van der Waals surface area (Å²) in [5.74, 6) is 1.08.